The predicted octanol–water partition coefficient (Wildman–Crippen LogP) is 4.64. The van der Waals surface area contributed by atoms with Crippen molar-refractivity contribution in [2.75, 3.05) is 5.32 Å². The summed E-state index contributed by atoms with van der Waals surface area (Å²) in [6.07, 6.45) is 6.82. The van der Waals surface area contributed by atoms with Gasteiger partial charge in [-0.15, -0.1) is 0 Å². The molecule has 1 aromatic carbocycles. The minimum atomic E-state index is -0.470. The molecule has 1 aliphatic heterocycles. The van der Waals surface area contributed by atoms with Crippen LogP contribution in [-0.2, 0) is 0 Å². The number of rotatable bonds is 2. The standard InChI is InChI=1S/C22H20ClN3O2/c23-15-9-7-14(8-10-15)20(27)19-18-17(16-6-2-5-13-26(16)19)21(28)25-22(24-18)11-3-1-4-12-22/h2,5-10,13,24H,1,3-4,11-12H2,(H,25,28). The average Bonchev–Trinajstić information content (AvgIpc) is 3.02. The number of nitrogens with zero attached hydrogens (tertiary/aromatic N) is 1. The molecular formula is C22H20ClN3O2. The highest BCUT2D eigenvalue weighted by Crippen LogP contribution is 2.40. The van der Waals surface area contributed by atoms with E-state index in [2.05, 4.69) is 10.6 Å². The van der Waals surface area contributed by atoms with E-state index in [1.165, 1.54) is 6.42 Å². The summed E-state index contributed by atoms with van der Waals surface area (Å²) in [6.45, 7) is 0. The lowest BCUT2D eigenvalue weighted by Crippen LogP contribution is -2.58. The van der Waals surface area contributed by atoms with Crippen molar-refractivity contribution in [3.05, 3.63) is 70.5 Å². The molecule has 0 saturated heterocycles. The Hall–Kier alpha value is -2.79. The maximum Gasteiger partial charge on any atom is 0.257 e. The smallest absolute Gasteiger partial charge is 0.257 e. The van der Waals surface area contributed by atoms with Crippen molar-refractivity contribution < 1.29 is 9.59 Å². The molecule has 1 spiro atoms. The minimum Gasteiger partial charge on any atom is -0.360 e. The van der Waals surface area contributed by atoms with Gasteiger partial charge in [0.2, 0.25) is 5.78 Å². The van der Waals surface area contributed by atoms with Crippen LogP contribution in [0.2, 0.25) is 5.02 Å². The Morgan fingerprint density at radius 3 is 2.50 bits per heavy atom. The molecule has 0 radical (unpaired) electrons. The molecule has 2 aliphatic rings. The summed E-state index contributed by atoms with van der Waals surface area (Å²) in [5.41, 5.74) is 2.47. The van der Waals surface area contributed by atoms with Crippen molar-refractivity contribution >= 4 is 34.5 Å². The molecular weight excluding hydrogens is 374 g/mol. The molecule has 28 heavy (non-hydrogen) atoms. The van der Waals surface area contributed by atoms with E-state index < -0.39 is 5.66 Å². The summed E-state index contributed by atoms with van der Waals surface area (Å²) in [5.74, 6) is -0.248. The summed E-state index contributed by atoms with van der Waals surface area (Å²) in [6, 6.07) is 12.5. The molecule has 0 atom stereocenters. The maximum absolute atomic E-state index is 13.4. The third kappa shape index (κ3) is 2.61. The van der Waals surface area contributed by atoms with Crippen molar-refractivity contribution in [1.82, 2.24) is 9.72 Å². The van der Waals surface area contributed by atoms with Gasteiger partial charge in [0.1, 0.15) is 11.4 Å². The zero-order valence-corrected chi connectivity index (χ0v) is 16.1. The van der Waals surface area contributed by atoms with Crippen LogP contribution in [0.1, 0.15) is 58.5 Å². The molecule has 6 heteroatoms. The normalized spacial score (nSPS) is 17.8. The van der Waals surface area contributed by atoms with Crippen molar-refractivity contribution in [2.45, 2.75) is 37.8 Å². The molecule has 3 aromatic rings. The van der Waals surface area contributed by atoms with E-state index in [0.29, 0.717) is 27.5 Å². The molecule has 0 bridgehead atoms. The number of carbonyl (C=O) groups excluding carboxylic acids is 2. The Morgan fingerprint density at radius 1 is 1.00 bits per heavy atom. The number of pyridine rings is 1. The number of hydrogen-bond acceptors (Lipinski definition) is 3. The van der Waals surface area contributed by atoms with Crippen LogP contribution in [0.25, 0.3) is 5.52 Å². The molecule has 5 rings (SSSR count). The van der Waals surface area contributed by atoms with E-state index in [0.717, 1.165) is 31.2 Å². The van der Waals surface area contributed by atoms with Crippen LogP contribution in [0, 0.1) is 0 Å². The van der Waals surface area contributed by atoms with Crippen molar-refractivity contribution in [3.8, 4) is 0 Å². The number of benzene rings is 1. The summed E-state index contributed by atoms with van der Waals surface area (Å²) in [7, 11) is 0. The Morgan fingerprint density at radius 2 is 1.75 bits per heavy atom. The monoisotopic (exact) mass is 393 g/mol. The van der Waals surface area contributed by atoms with Crippen molar-refractivity contribution in [2.24, 2.45) is 0 Å². The first kappa shape index (κ1) is 17.3. The van der Waals surface area contributed by atoms with Crippen LogP contribution in [0.5, 0.6) is 0 Å². The maximum atomic E-state index is 13.4. The lowest BCUT2D eigenvalue weighted by molar-refractivity contribution is 0.0878. The number of amides is 1. The molecule has 3 heterocycles. The van der Waals surface area contributed by atoms with E-state index in [1.807, 2.05) is 28.8 Å². The van der Waals surface area contributed by atoms with Crippen LogP contribution in [0.3, 0.4) is 0 Å². The van der Waals surface area contributed by atoms with Crippen LogP contribution in [0.15, 0.2) is 48.7 Å². The largest absolute Gasteiger partial charge is 0.360 e. The predicted molar refractivity (Wildman–Crippen MR) is 109 cm³/mol. The Kier molecular flexibility index (Phi) is 3.95. The lowest BCUT2D eigenvalue weighted by atomic mass is 9.86. The molecule has 142 valence electrons. The fourth-order valence-electron chi connectivity index (χ4n) is 4.48. The van der Waals surface area contributed by atoms with Crippen LogP contribution in [0.4, 0.5) is 5.69 Å². The number of anilines is 1. The van der Waals surface area contributed by atoms with Gasteiger partial charge in [0, 0.05) is 16.8 Å². The fourth-order valence-corrected chi connectivity index (χ4v) is 4.60. The Balaban J connectivity index is 1.71. The third-order valence-electron chi connectivity index (χ3n) is 5.82. The fraction of sp³-hybridized carbons (Fsp3) is 0.273. The SMILES string of the molecule is O=C1NC2(CCCCC2)Nc2c1c1ccccn1c2C(=O)c1ccc(Cl)cc1. The summed E-state index contributed by atoms with van der Waals surface area (Å²) < 4.78 is 1.82. The second kappa shape index (κ2) is 6.38. The van der Waals surface area contributed by atoms with Gasteiger partial charge in [-0.05, 0) is 62.1 Å². The van der Waals surface area contributed by atoms with Gasteiger partial charge >= 0.3 is 0 Å². The molecule has 1 amide bonds. The molecule has 2 aromatic heterocycles. The molecule has 5 nitrogen and oxygen atoms in total. The van der Waals surface area contributed by atoms with Gasteiger partial charge in [-0.1, -0.05) is 24.1 Å². The van der Waals surface area contributed by atoms with E-state index in [1.54, 1.807) is 24.3 Å². The van der Waals surface area contributed by atoms with Gasteiger partial charge in [0.05, 0.1) is 16.8 Å². The van der Waals surface area contributed by atoms with E-state index in [4.69, 9.17) is 11.6 Å². The molecule has 0 unspecified atom stereocenters. The number of halogens is 1. The second-order valence-electron chi connectivity index (χ2n) is 7.61. The zero-order chi connectivity index (χ0) is 19.3. The first-order valence-corrected chi connectivity index (χ1v) is 10.00. The Labute approximate surface area is 167 Å². The van der Waals surface area contributed by atoms with Crippen LogP contribution < -0.4 is 10.6 Å². The summed E-state index contributed by atoms with van der Waals surface area (Å²) >= 11 is 5.99. The first-order valence-electron chi connectivity index (χ1n) is 9.62. The Bertz CT molecular complexity index is 1090. The van der Waals surface area contributed by atoms with E-state index in [-0.39, 0.29) is 11.7 Å². The van der Waals surface area contributed by atoms with Gasteiger partial charge in [-0.3, -0.25) is 9.59 Å². The van der Waals surface area contributed by atoms with Gasteiger partial charge in [-0.25, -0.2) is 0 Å². The zero-order valence-electron chi connectivity index (χ0n) is 15.3. The highest BCUT2D eigenvalue weighted by molar-refractivity contribution is 6.30. The van der Waals surface area contributed by atoms with Gasteiger partial charge in [0.15, 0.2) is 0 Å². The molecule has 2 N–H and O–H groups in total. The number of hydrogen-bond donors (Lipinski definition) is 2. The topological polar surface area (TPSA) is 62.6 Å². The van der Waals surface area contributed by atoms with Gasteiger partial charge < -0.3 is 15.0 Å². The third-order valence-corrected chi connectivity index (χ3v) is 6.07. The second-order valence-corrected chi connectivity index (χ2v) is 8.05. The van der Waals surface area contributed by atoms with Gasteiger partial charge in [-0.2, -0.15) is 0 Å². The summed E-state index contributed by atoms with van der Waals surface area (Å²) in [5, 5.41) is 7.33. The van der Waals surface area contributed by atoms with Crippen molar-refractivity contribution in [3.63, 3.8) is 0 Å². The van der Waals surface area contributed by atoms with E-state index in [9.17, 15) is 9.59 Å². The number of fused-ring (bicyclic) bond motifs is 3. The molecule has 1 fully saturated rings. The van der Waals surface area contributed by atoms with Crippen molar-refractivity contribution in [1.29, 1.82) is 0 Å². The molecule has 1 saturated carbocycles. The van der Waals surface area contributed by atoms with Gasteiger partial charge in [0.25, 0.3) is 5.91 Å². The first-order chi connectivity index (χ1) is 13.6. The molecule has 1 aliphatic carbocycles. The summed E-state index contributed by atoms with van der Waals surface area (Å²) in [4.78, 5) is 26.5. The van der Waals surface area contributed by atoms with Crippen LogP contribution in [-0.4, -0.2) is 21.8 Å². The number of aromatic nitrogens is 1. The highest BCUT2D eigenvalue weighted by atomic mass is 35.5. The average molecular weight is 394 g/mol. The van der Waals surface area contributed by atoms with Crippen LogP contribution >= 0.6 is 11.6 Å². The minimum absolute atomic E-state index is 0.116. The quantitative estimate of drug-likeness (QED) is 0.623. The number of nitrogens with one attached hydrogen (secondary N) is 2. The number of ketones is 1. The van der Waals surface area contributed by atoms with E-state index >= 15 is 0 Å². The number of carbonyl (C=O) groups is 2. The highest BCUT2D eigenvalue weighted by Gasteiger charge is 2.42. The lowest BCUT2D eigenvalue weighted by Gasteiger charge is -2.42.